The molecule has 0 heterocycles. The van der Waals surface area contributed by atoms with Gasteiger partial charge in [0.15, 0.2) is 0 Å². The van der Waals surface area contributed by atoms with E-state index < -0.39 is 0 Å². The molecule has 19 heavy (non-hydrogen) atoms. The average molecular weight is 267 g/mol. The molecule has 0 aliphatic heterocycles. The van der Waals surface area contributed by atoms with Gasteiger partial charge < -0.3 is 9.64 Å². The highest BCUT2D eigenvalue weighted by Gasteiger charge is 2.33. The second kappa shape index (κ2) is 6.92. The molecule has 0 atom stereocenters. The minimum atomic E-state index is -0.220. The third kappa shape index (κ3) is 3.71. The van der Waals surface area contributed by atoms with E-state index in [0.29, 0.717) is 19.0 Å². The molecule has 2 fully saturated rings. The molecule has 0 aromatic rings. The Morgan fingerprint density at radius 1 is 1.05 bits per heavy atom. The lowest BCUT2D eigenvalue weighted by atomic mass is 9.83. The maximum absolute atomic E-state index is 12.5. The van der Waals surface area contributed by atoms with E-state index in [1.165, 1.54) is 32.8 Å². The van der Waals surface area contributed by atoms with Gasteiger partial charge in [0.2, 0.25) is 5.91 Å². The summed E-state index contributed by atoms with van der Waals surface area (Å²) in [5.41, 5.74) is 0. The minimum absolute atomic E-state index is 0.220. The van der Waals surface area contributed by atoms with Gasteiger partial charge in [0, 0.05) is 18.5 Å². The second-order valence-electron chi connectivity index (χ2n) is 5.78. The lowest BCUT2D eigenvalue weighted by Crippen LogP contribution is -2.46. The van der Waals surface area contributed by atoms with Crippen LogP contribution in [0.2, 0.25) is 0 Å². The van der Waals surface area contributed by atoms with Crippen LogP contribution in [0.15, 0.2) is 0 Å². The molecule has 0 spiro atoms. The van der Waals surface area contributed by atoms with E-state index in [9.17, 15) is 9.59 Å². The van der Waals surface area contributed by atoms with Crippen LogP contribution in [-0.4, -0.2) is 36.5 Å². The van der Waals surface area contributed by atoms with E-state index >= 15 is 0 Å². The Labute approximate surface area is 115 Å². The van der Waals surface area contributed by atoms with Gasteiger partial charge in [-0.1, -0.05) is 25.7 Å². The maximum Gasteiger partial charge on any atom is 0.307 e. The summed E-state index contributed by atoms with van der Waals surface area (Å²) in [5, 5.41) is 0. The molecule has 0 aromatic carbocycles. The van der Waals surface area contributed by atoms with Gasteiger partial charge in [-0.15, -0.1) is 0 Å². The predicted octanol–water partition coefficient (Wildman–Crippen LogP) is 2.51. The first-order valence-corrected chi connectivity index (χ1v) is 7.59. The number of carbonyl (C=O) groups is 2. The summed E-state index contributed by atoms with van der Waals surface area (Å²) in [5.74, 6) is 0.281. The van der Waals surface area contributed by atoms with Crippen LogP contribution in [-0.2, 0) is 14.3 Å². The number of hydrogen-bond donors (Lipinski definition) is 0. The molecule has 0 N–H and O–H groups in total. The van der Waals surface area contributed by atoms with Crippen LogP contribution in [0.4, 0.5) is 0 Å². The third-order valence-electron chi connectivity index (χ3n) is 4.54. The fourth-order valence-electron chi connectivity index (χ4n) is 3.07. The van der Waals surface area contributed by atoms with Gasteiger partial charge in [0.1, 0.15) is 0 Å². The van der Waals surface area contributed by atoms with E-state index in [-0.39, 0.29) is 17.8 Å². The molecule has 0 unspecified atom stereocenters. The molecule has 0 bridgehead atoms. The normalized spacial score (nSPS) is 20.7. The maximum atomic E-state index is 12.5. The summed E-state index contributed by atoms with van der Waals surface area (Å²) in [4.78, 5) is 25.8. The van der Waals surface area contributed by atoms with Gasteiger partial charge in [0.25, 0.3) is 0 Å². The summed E-state index contributed by atoms with van der Waals surface area (Å²) in [6.45, 7) is 0.534. The highest BCUT2D eigenvalue weighted by atomic mass is 16.5. The number of amides is 1. The summed E-state index contributed by atoms with van der Waals surface area (Å²) in [6, 6.07) is 0.353. The fourth-order valence-corrected chi connectivity index (χ4v) is 3.07. The van der Waals surface area contributed by atoms with Gasteiger partial charge in [-0.2, -0.15) is 0 Å². The largest absolute Gasteiger partial charge is 0.469 e. The predicted molar refractivity (Wildman–Crippen MR) is 72.6 cm³/mol. The first-order valence-electron chi connectivity index (χ1n) is 7.59. The van der Waals surface area contributed by atoms with Crippen LogP contribution < -0.4 is 0 Å². The molecule has 2 aliphatic rings. The molecule has 2 rings (SSSR count). The Balaban J connectivity index is 1.94. The van der Waals surface area contributed by atoms with Crippen molar-refractivity contribution in [2.75, 3.05) is 13.7 Å². The minimum Gasteiger partial charge on any atom is -0.469 e. The molecule has 2 aliphatic carbocycles. The molecule has 1 amide bonds. The molecule has 4 nitrogen and oxygen atoms in total. The van der Waals surface area contributed by atoms with Gasteiger partial charge in [-0.3, -0.25) is 9.59 Å². The van der Waals surface area contributed by atoms with Crippen LogP contribution in [0.25, 0.3) is 0 Å². The summed E-state index contributed by atoms with van der Waals surface area (Å²) < 4.78 is 4.69. The zero-order chi connectivity index (χ0) is 13.7. The van der Waals surface area contributed by atoms with Crippen molar-refractivity contribution in [3.8, 4) is 0 Å². The molecule has 108 valence electrons. The molecule has 0 aromatic heterocycles. The van der Waals surface area contributed by atoms with Crippen LogP contribution >= 0.6 is 0 Å². The van der Waals surface area contributed by atoms with Crippen molar-refractivity contribution in [3.05, 3.63) is 0 Å². The van der Waals surface area contributed by atoms with Gasteiger partial charge in [-0.05, 0) is 25.7 Å². The number of ether oxygens (including phenoxy) is 1. The second-order valence-corrected chi connectivity index (χ2v) is 5.78. The number of nitrogens with zero attached hydrogens (tertiary/aromatic N) is 1. The van der Waals surface area contributed by atoms with Crippen LogP contribution in [0.5, 0.6) is 0 Å². The Morgan fingerprint density at radius 3 is 2.26 bits per heavy atom. The van der Waals surface area contributed by atoms with Crippen molar-refractivity contribution in [1.82, 2.24) is 4.90 Å². The smallest absolute Gasteiger partial charge is 0.307 e. The Hall–Kier alpha value is -1.06. The molecule has 0 saturated heterocycles. The summed E-state index contributed by atoms with van der Waals surface area (Å²) >= 11 is 0. The van der Waals surface area contributed by atoms with E-state index in [2.05, 4.69) is 0 Å². The fraction of sp³-hybridized carbons (Fsp3) is 0.867. The monoisotopic (exact) mass is 267 g/mol. The number of methoxy groups -OCH3 is 1. The number of hydrogen-bond acceptors (Lipinski definition) is 3. The van der Waals surface area contributed by atoms with E-state index in [0.717, 1.165) is 25.7 Å². The third-order valence-corrected chi connectivity index (χ3v) is 4.54. The van der Waals surface area contributed by atoms with Crippen LogP contribution in [0, 0.1) is 5.92 Å². The topological polar surface area (TPSA) is 46.6 Å². The van der Waals surface area contributed by atoms with Crippen LogP contribution in [0.1, 0.15) is 57.8 Å². The Morgan fingerprint density at radius 2 is 1.74 bits per heavy atom. The standard InChI is InChI=1S/C15H25NO3/c1-19-14(17)10-11-16(13-8-3-2-4-9-13)15(18)12-6-5-7-12/h12-13H,2-11H2,1H3. The SMILES string of the molecule is COC(=O)CCN(C(=O)C1CCC1)C1CCCCC1. The molecular weight excluding hydrogens is 242 g/mol. The highest BCUT2D eigenvalue weighted by Crippen LogP contribution is 2.31. The molecule has 4 heteroatoms. The van der Waals surface area contributed by atoms with Crippen molar-refractivity contribution in [2.45, 2.75) is 63.8 Å². The molecule has 0 radical (unpaired) electrons. The number of rotatable bonds is 5. The Bertz CT molecular complexity index is 319. The summed E-state index contributed by atoms with van der Waals surface area (Å²) in [7, 11) is 1.40. The van der Waals surface area contributed by atoms with Crippen LogP contribution in [0.3, 0.4) is 0 Å². The molecular formula is C15H25NO3. The lowest BCUT2D eigenvalue weighted by Gasteiger charge is -2.38. The molecule has 2 saturated carbocycles. The first kappa shape index (κ1) is 14.4. The quantitative estimate of drug-likeness (QED) is 0.719. The number of esters is 1. The van der Waals surface area contributed by atoms with E-state index in [1.807, 2.05) is 4.90 Å². The summed E-state index contributed by atoms with van der Waals surface area (Å²) in [6.07, 6.45) is 9.44. The van der Waals surface area contributed by atoms with Crippen molar-refractivity contribution < 1.29 is 14.3 Å². The van der Waals surface area contributed by atoms with Gasteiger partial charge in [-0.25, -0.2) is 0 Å². The highest BCUT2D eigenvalue weighted by molar-refractivity contribution is 5.80. The zero-order valence-electron chi connectivity index (χ0n) is 11.9. The first-order chi connectivity index (χ1) is 9.22. The number of carbonyl (C=O) groups excluding carboxylic acids is 2. The van der Waals surface area contributed by atoms with Gasteiger partial charge in [0.05, 0.1) is 13.5 Å². The van der Waals surface area contributed by atoms with Crippen molar-refractivity contribution in [2.24, 2.45) is 5.92 Å². The van der Waals surface area contributed by atoms with E-state index in [1.54, 1.807) is 0 Å². The van der Waals surface area contributed by atoms with Crippen molar-refractivity contribution in [1.29, 1.82) is 0 Å². The average Bonchev–Trinajstić information content (AvgIpc) is 2.38. The Kier molecular flexibility index (Phi) is 5.23. The van der Waals surface area contributed by atoms with Gasteiger partial charge >= 0.3 is 5.97 Å². The van der Waals surface area contributed by atoms with Crippen molar-refractivity contribution in [3.63, 3.8) is 0 Å². The van der Waals surface area contributed by atoms with E-state index in [4.69, 9.17) is 4.74 Å². The van der Waals surface area contributed by atoms with Crippen molar-refractivity contribution >= 4 is 11.9 Å². The zero-order valence-corrected chi connectivity index (χ0v) is 11.9. The lowest BCUT2D eigenvalue weighted by molar-refractivity contribution is -0.145.